The Hall–Kier alpha value is -1.12. The molecule has 3 saturated carbocycles. The van der Waals surface area contributed by atoms with Gasteiger partial charge >= 0.3 is 5.97 Å². The molecule has 0 aromatic carbocycles. The van der Waals surface area contributed by atoms with Crippen LogP contribution in [-0.4, -0.2) is 16.9 Å². The molecule has 4 aliphatic carbocycles. The lowest BCUT2D eigenvalue weighted by Gasteiger charge is -2.57. The van der Waals surface area contributed by atoms with Crippen LogP contribution >= 0.6 is 0 Å². The van der Waals surface area contributed by atoms with E-state index in [1.807, 2.05) is 6.92 Å². The van der Waals surface area contributed by atoms with E-state index in [1.165, 1.54) is 25.7 Å². The highest BCUT2D eigenvalue weighted by Crippen LogP contribution is 2.66. The fourth-order valence-corrected chi connectivity index (χ4v) is 8.35. The van der Waals surface area contributed by atoms with Crippen molar-refractivity contribution >= 4 is 11.8 Å². The first-order chi connectivity index (χ1) is 14.2. The molecule has 1 N–H and O–H groups in total. The number of allylic oxidation sites excluding steroid dienone is 2. The highest BCUT2D eigenvalue weighted by molar-refractivity contribution is 5.79. The van der Waals surface area contributed by atoms with E-state index in [4.69, 9.17) is 5.11 Å². The van der Waals surface area contributed by atoms with E-state index in [2.05, 4.69) is 26.8 Å². The monoisotopic (exact) mass is 414 g/mol. The summed E-state index contributed by atoms with van der Waals surface area (Å²) in [7, 11) is 0. The zero-order chi connectivity index (χ0) is 21.7. The quantitative estimate of drug-likeness (QED) is 0.494. The van der Waals surface area contributed by atoms with Crippen LogP contribution in [0.3, 0.4) is 0 Å². The minimum atomic E-state index is -0.658. The Bertz CT molecular complexity index is 724. The first-order valence-corrected chi connectivity index (χ1v) is 12.6. The Kier molecular flexibility index (Phi) is 5.96. The Morgan fingerprint density at radius 3 is 2.57 bits per heavy atom. The molecule has 0 saturated heterocycles. The molecule has 3 nitrogen and oxygen atoms in total. The van der Waals surface area contributed by atoms with Crippen LogP contribution in [-0.2, 0) is 9.59 Å². The van der Waals surface area contributed by atoms with E-state index < -0.39 is 5.97 Å². The van der Waals surface area contributed by atoms with Crippen molar-refractivity contribution in [2.75, 3.05) is 0 Å². The van der Waals surface area contributed by atoms with Crippen LogP contribution < -0.4 is 0 Å². The Morgan fingerprint density at radius 1 is 1.10 bits per heavy atom. The molecule has 30 heavy (non-hydrogen) atoms. The molecule has 4 aliphatic rings. The lowest BCUT2D eigenvalue weighted by Crippen LogP contribution is -2.49. The van der Waals surface area contributed by atoms with E-state index in [0.29, 0.717) is 34.4 Å². The number of hydrogen-bond acceptors (Lipinski definition) is 2. The molecule has 0 aromatic heterocycles. The van der Waals surface area contributed by atoms with Crippen LogP contribution in [0.1, 0.15) is 98.3 Å². The van der Waals surface area contributed by atoms with Gasteiger partial charge < -0.3 is 5.11 Å². The second kappa shape index (κ2) is 8.10. The lowest BCUT2D eigenvalue weighted by molar-refractivity contribution is -0.141. The standard InChI is InChI=1S/C27H42O3/c1-17(6-5-7-18(2)25(29)30)22-10-11-23-21-9-8-19-16-20(28)12-14-26(19,3)24(21)13-15-27(22,23)4/h9,17-19,22-24H,5-8,10-16H2,1-4H3,(H,29,30)/t17-,18+,19?,22-,23?,24?,26+,27-/m1/s1. The van der Waals surface area contributed by atoms with Gasteiger partial charge in [0.1, 0.15) is 5.78 Å². The minimum Gasteiger partial charge on any atom is -0.481 e. The Balaban J connectivity index is 1.46. The summed E-state index contributed by atoms with van der Waals surface area (Å²) in [6.45, 7) is 9.34. The molecule has 3 heteroatoms. The number of Topliss-reactive ketones (excluding diaryl/α,β-unsaturated/α-hetero) is 1. The maximum atomic E-state index is 12.1. The van der Waals surface area contributed by atoms with Gasteiger partial charge in [0, 0.05) is 12.8 Å². The van der Waals surface area contributed by atoms with E-state index in [1.54, 1.807) is 5.57 Å². The molecular weight excluding hydrogens is 372 g/mol. The van der Waals surface area contributed by atoms with Gasteiger partial charge in [-0.3, -0.25) is 9.59 Å². The van der Waals surface area contributed by atoms with Crippen LogP contribution in [0.25, 0.3) is 0 Å². The van der Waals surface area contributed by atoms with Crippen LogP contribution in [0.5, 0.6) is 0 Å². The summed E-state index contributed by atoms with van der Waals surface area (Å²) in [5.74, 6) is 3.06. The van der Waals surface area contributed by atoms with Crippen molar-refractivity contribution in [1.82, 2.24) is 0 Å². The third-order valence-electron chi connectivity index (χ3n) is 10.4. The number of ketones is 1. The molecule has 3 fully saturated rings. The molecule has 4 rings (SSSR count). The van der Waals surface area contributed by atoms with Crippen molar-refractivity contribution in [3.8, 4) is 0 Å². The van der Waals surface area contributed by atoms with Gasteiger partial charge in [0.15, 0.2) is 0 Å². The summed E-state index contributed by atoms with van der Waals surface area (Å²) in [5.41, 5.74) is 2.52. The molecular formula is C27H42O3. The van der Waals surface area contributed by atoms with Crippen molar-refractivity contribution in [3.63, 3.8) is 0 Å². The molecule has 0 radical (unpaired) electrons. The first-order valence-electron chi connectivity index (χ1n) is 12.6. The fraction of sp³-hybridized carbons (Fsp3) is 0.852. The maximum absolute atomic E-state index is 12.1. The van der Waals surface area contributed by atoms with Gasteiger partial charge in [-0.05, 0) is 85.4 Å². The first kappa shape index (κ1) is 22.1. The fourth-order valence-electron chi connectivity index (χ4n) is 8.35. The van der Waals surface area contributed by atoms with Gasteiger partial charge in [-0.15, -0.1) is 0 Å². The molecule has 168 valence electrons. The van der Waals surface area contributed by atoms with Crippen molar-refractivity contribution < 1.29 is 14.7 Å². The summed E-state index contributed by atoms with van der Waals surface area (Å²) in [6, 6.07) is 0. The number of fused-ring (bicyclic) bond motifs is 5. The number of carbonyl (C=O) groups is 2. The van der Waals surface area contributed by atoms with Crippen LogP contribution in [0.4, 0.5) is 0 Å². The van der Waals surface area contributed by atoms with Gasteiger partial charge in [-0.1, -0.05) is 52.2 Å². The molecule has 0 bridgehead atoms. The smallest absolute Gasteiger partial charge is 0.306 e. The van der Waals surface area contributed by atoms with Crippen molar-refractivity contribution in [2.24, 2.45) is 46.3 Å². The van der Waals surface area contributed by atoms with Gasteiger partial charge in [0.2, 0.25) is 0 Å². The maximum Gasteiger partial charge on any atom is 0.306 e. The summed E-state index contributed by atoms with van der Waals surface area (Å²) in [6.07, 6.45) is 14.7. The van der Waals surface area contributed by atoms with Crippen molar-refractivity contribution in [2.45, 2.75) is 98.3 Å². The van der Waals surface area contributed by atoms with Gasteiger partial charge in [0.05, 0.1) is 5.92 Å². The predicted octanol–water partition coefficient (Wildman–Crippen LogP) is 6.66. The number of aliphatic carboxylic acids is 1. The van der Waals surface area contributed by atoms with Crippen LogP contribution in [0.2, 0.25) is 0 Å². The van der Waals surface area contributed by atoms with Crippen molar-refractivity contribution in [1.29, 1.82) is 0 Å². The highest BCUT2D eigenvalue weighted by atomic mass is 16.4. The van der Waals surface area contributed by atoms with E-state index in [0.717, 1.165) is 56.8 Å². The molecule has 8 atom stereocenters. The van der Waals surface area contributed by atoms with E-state index in [9.17, 15) is 9.59 Å². The SMILES string of the molecule is C[C@H](CCC[C@H](C)C(=O)O)[C@H]1CCC2C3=CCC4CC(=O)CC[C@]4(C)C3CC[C@@]21C. The van der Waals surface area contributed by atoms with Crippen molar-refractivity contribution in [3.05, 3.63) is 11.6 Å². The summed E-state index contributed by atoms with van der Waals surface area (Å²) >= 11 is 0. The van der Waals surface area contributed by atoms with Crippen LogP contribution in [0, 0.1) is 46.3 Å². The highest BCUT2D eigenvalue weighted by Gasteiger charge is 2.58. The molecule has 3 unspecified atom stereocenters. The molecule has 0 aromatic rings. The minimum absolute atomic E-state index is 0.219. The largest absolute Gasteiger partial charge is 0.481 e. The zero-order valence-corrected chi connectivity index (χ0v) is 19.6. The normalized spacial score (nSPS) is 42.5. The average molecular weight is 415 g/mol. The van der Waals surface area contributed by atoms with E-state index in [-0.39, 0.29) is 5.92 Å². The zero-order valence-electron chi connectivity index (χ0n) is 19.6. The molecule has 0 heterocycles. The summed E-state index contributed by atoms with van der Waals surface area (Å²) in [4.78, 5) is 23.2. The Labute approximate surface area is 183 Å². The topological polar surface area (TPSA) is 54.4 Å². The number of carboxylic acid groups (broad SMARTS) is 1. The summed E-state index contributed by atoms with van der Waals surface area (Å²) in [5, 5.41) is 9.16. The third kappa shape index (κ3) is 3.58. The lowest BCUT2D eigenvalue weighted by atomic mass is 9.47. The third-order valence-corrected chi connectivity index (χ3v) is 10.4. The number of carbonyl (C=O) groups excluding carboxylic acids is 1. The average Bonchev–Trinajstić information content (AvgIpc) is 3.05. The van der Waals surface area contributed by atoms with Crippen LogP contribution in [0.15, 0.2) is 11.6 Å². The van der Waals surface area contributed by atoms with Gasteiger partial charge in [0.25, 0.3) is 0 Å². The molecule has 0 aliphatic heterocycles. The molecule has 0 spiro atoms. The second-order valence-corrected chi connectivity index (χ2v) is 11.9. The van der Waals surface area contributed by atoms with E-state index >= 15 is 0 Å². The molecule has 0 amide bonds. The number of rotatable bonds is 6. The summed E-state index contributed by atoms with van der Waals surface area (Å²) < 4.78 is 0. The van der Waals surface area contributed by atoms with Gasteiger partial charge in [-0.2, -0.15) is 0 Å². The number of carboxylic acids is 1. The second-order valence-electron chi connectivity index (χ2n) is 11.9. The Morgan fingerprint density at radius 2 is 1.83 bits per heavy atom. The number of hydrogen-bond donors (Lipinski definition) is 1. The van der Waals surface area contributed by atoms with Gasteiger partial charge in [-0.25, -0.2) is 0 Å². The predicted molar refractivity (Wildman–Crippen MR) is 120 cm³/mol.